The lowest BCUT2D eigenvalue weighted by atomic mass is 10.2. The van der Waals surface area contributed by atoms with E-state index < -0.39 is 0 Å². The molecule has 0 amide bonds. The standard InChI is InChI=1S/C12H18ClN5O/c13-10-11(14)15-8-16-12(10)18-4-2-17(3-5-18)9-1-6-19-7-9/h8-9H,1-7H2,(H2,14,15,16). The molecule has 1 unspecified atom stereocenters. The molecule has 2 saturated heterocycles. The Morgan fingerprint density at radius 1 is 1.26 bits per heavy atom. The second-order valence-corrected chi connectivity index (χ2v) is 5.31. The first-order valence-electron chi connectivity index (χ1n) is 6.58. The van der Waals surface area contributed by atoms with Crippen LogP contribution in [0.3, 0.4) is 0 Å². The van der Waals surface area contributed by atoms with Gasteiger partial charge in [-0.05, 0) is 6.42 Å². The minimum absolute atomic E-state index is 0.346. The zero-order chi connectivity index (χ0) is 13.2. The van der Waals surface area contributed by atoms with Crippen molar-refractivity contribution in [3.63, 3.8) is 0 Å². The molecule has 6 nitrogen and oxygen atoms in total. The molecule has 2 N–H and O–H groups in total. The monoisotopic (exact) mass is 283 g/mol. The van der Waals surface area contributed by atoms with Crippen molar-refractivity contribution in [2.24, 2.45) is 0 Å². The molecule has 3 rings (SSSR count). The summed E-state index contributed by atoms with van der Waals surface area (Å²) >= 11 is 6.16. The van der Waals surface area contributed by atoms with Crippen LogP contribution in [0.4, 0.5) is 11.6 Å². The molecule has 0 spiro atoms. The number of halogens is 1. The maximum Gasteiger partial charge on any atom is 0.153 e. The normalized spacial score (nSPS) is 24.9. The maximum atomic E-state index is 6.16. The molecule has 1 aromatic rings. The van der Waals surface area contributed by atoms with Gasteiger partial charge in [-0.25, -0.2) is 9.97 Å². The SMILES string of the molecule is Nc1ncnc(N2CCN(C3CCOC3)CC2)c1Cl. The molecule has 3 heterocycles. The molecule has 2 aliphatic rings. The molecule has 2 fully saturated rings. The number of anilines is 2. The number of nitrogen functional groups attached to an aromatic ring is 1. The number of rotatable bonds is 2. The average molecular weight is 284 g/mol. The first-order chi connectivity index (χ1) is 9.25. The van der Waals surface area contributed by atoms with E-state index in [4.69, 9.17) is 22.1 Å². The second-order valence-electron chi connectivity index (χ2n) is 4.94. The molecule has 0 bridgehead atoms. The Bertz CT molecular complexity index is 444. The average Bonchev–Trinajstić information content (AvgIpc) is 2.96. The summed E-state index contributed by atoms with van der Waals surface area (Å²) in [4.78, 5) is 12.8. The summed E-state index contributed by atoms with van der Waals surface area (Å²) in [6.45, 7) is 5.59. The number of piperazine rings is 1. The van der Waals surface area contributed by atoms with Gasteiger partial charge in [0.15, 0.2) is 5.82 Å². The highest BCUT2D eigenvalue weighted by molar-refractivity contribution is 6.35. The Kier molecular flexibility index (Phi) is 3.72. The number of hydrogen-bond acceptors (Lipinski definition) is 6. The Balaban J connectivity index is 1.64. The van der Waals surface area contributed by atoms with Crippen LogP contribution in [0.1, 0.15) is 6.42 Å². The lowest BCUT2D eigenvalue weighted by molar-refractivity contribution is 0.139. The third-order valence-corrected chi connectivity index (χ3v) is 4.20. The number of aromatic nitrogens is 2. The number of nitrogens with zero attached hydrogens (tertiary/aromatic N) is 4. The van der Waals surface area contributed by atoms with E-state index in [9.17, 15) is 0 Å². The molecule has 19 heavy (non-hydrogen) atoms. The second kappa shape index (κ2) is 5.48. The van der Waals surface area contributed by atoms with Crippen LogP contribution in [0.2, 0.25) is 5.02 Å². The summed E-state index contributed by atoms with van der Waals surface area (Å²) in [5.74, 6) is 1.09. The van der Waals surface area contributed by atoms with Crippen LogP contribution in [-0.4, -0.2) is 60.3 Å². The van der Waals surface area contributed by atoms with Gasteiger partial charge in [0.1, 0.15) is 17.2 Å². The number of hydrogen-bond donors (Lipinski definition) is 1. The smallest absolute Gasteiger partial charge is 0.153 e. The van der Waals surface area contributed by atoms with E-state index in [1.807, 2.05) is 0 Å². The van der Waals surface area contributed by atoms with E-state index in [1.165, 1.54) is 6.33 Å². The maximum absolute atomic E-state index is 6.16. The molecule has 0 saturated carbocycles. The Morgan fingerprint density at radius 3 is 2.74 bits per heavy atom. The molecule has 2 aliphatic heterocycles. The van der Waals surface area contributed by atoms with Crippen LogP contribution in [-0.2, 0) is 4.74 Å². The first-order valence-corrected chi connectivity index (χ1v) is 6.96. The van der Waals surface area contributed by atoms with Gasteiger partial charge in [-0.2, -0.15) is 0 Å². The van der Waals surface area contributed by atoms with Crippen molar-refractivity contribution in [2.75, 3.05) is 50.0 Å². The fourth-order valence-corrected chi connectivity index (χ4v) is 2.92. The van der Waals surface area contributed by atoms with Crippen molar-refractivity contribution in [3.8, 4) is 0 Å². The molecule has 0 aliphatic carbocycles. The van der Waals surface area contributed by atoms with Gasteiger partial charge in [-0.15, -0.1) is 0 Å². The van der Waals surface area contributed by atoms with Crippen molar-refractivity contribution < 1.29 is 4.74 Å². The van der Waals surface area contributed by atoms with E-state index >= 15 is 0 Å². The molecule has 104 valence electrons. The van der Waals surface area contributed by atoms with E-state index in [-0.39, 0.29) is 0 Å². The van der Waals surface area contributed by atoms with Gasteiger partial charge in [0.25, 0.3) is 0 Å². The van der Waals surface area contributed by atoms with Crippen LogP contribution in [0.5, 0.6) is 0 Å². The van der Waals surface area contributed by atoms with Gasteiger partial charge in [0.05, 0.1) is 6.61 Å². The van der Waals surface area contributed by atoms with Crippen LogP contribution < -0.4 is 10.6 Å². The Morgan fingerprint density at radius 2 is 2.05 bits per heavy atom. The molecule has 1 atom stereocenters. The van der Waals surface area contributed by atoms with Crippen LogP contribution in [0.15, 0.2) is 6.33 Å². The van der Waals surface area contributed by atoms with Crippen molar-refractivity contribution in [1.82, 2.24) is 14.9 Å². The molecule has 1 aromatic heterocycles. The minimum Gasteiger partial charge on any atom is -0.382 e. The van der Waals surface area contributed by atoms with Crippen LogP contribution in [0, 0.1) is 0 Å². The van der Waals surface area contributed by atoms with Crippen molar-refractivity contribution >= 4 is 23.2 Å². The van der Waals surface area contributed by atoms with Gasteiger partial charge in [0.2, 0.25) is 0 Å². The largest absolute Gasteiger partial charge is 0.382 e. The number of nitrogens with two attached hydrogens (primary N) is 1. The lowest BCUT2D eigenvalue weighted by Gasteiger charge is -2.38. The highest BCUT2D eigenvalue weighted by Gasteiger charge is 2.28. The fraction of sp³-hybridized carbons (Fsp3) is 0.667. The topological polar surface area (TPSA) is 67.5 Å². The lowest BCUT2D eigenvalue weighted by Crippen LogP contribution is -2.51. The predicted molar refractivity (Wildman–Crippen MR) is 74.5 cm³/mol. The molecule has 0 aromatic carbocycles. The third kappa shape index (κ3) is 2.61. The summed E-state index contributed by atoms with van der Waals surface area (Å²) in [5.41, 5.74) is 5.72. The molecular formula is C12H18ClN5O. The van der Waals surface area contributed by atoms with Crippen LogP contribution in [0.25, 0.3) is 0 Å². The molecule has 7 heteroatoms. The van der Waals surface area contributed by atoms with Gasteiger partial charge in [-0.1, -0.05) is 11.6 Å². The molecule has 0 radical (unpaired) electrons. The Hall–Kier alpha value is -1.11. The summed E-state index contributed by atoms with van der Waals surface area (Å²) in [5, 5.41) is 0.458. The quantitative estimate of drug-likeness (QED) is 0.858. The van der Waals surface area contributed by atoms with E-state index in [2.05, 4.69) is 19.8 Å². The summed E-state index contributed by atoms with van der Waals surface area (Å²) in [6.07, 6.45) is 2.61. The van der Waals surface area contributed by atoms with Gasteiger partial charge >= 0.3 is 0 Å². The summed E-state index contributed by atoms with van der Waals surface area (Å²) < 4.78 is 5.44. The van der Waals surface area contributed by atoms with Gasteiger partial charge in [0, 0.05) is 38.8 Å². The highest BCUT2D eigenvalue weighted by Crippen LogP contribution is 2.28. The number of ether oxygens (including phenoxy) is 1. The zero-order valence-corrected chi connectivity index (χ0v) is 11.5. The van der Waals surface area contributed by atoms with Crippen LogP contribution >= 0.6 is 11.6 Å². The van der Waals surface area contributed by atoms with E-state index in [0.717, 1.165) is 51.6 Å². The zero-order valence-electron chi connectivity index (χ0n) is 10.8. The van der Waals surface area contributed by atoms with E-state index in [0.29, 0.717) is 16.9 Å². The van der Waals surface area contributed by atoms with Gasteiger partial charge in [-0.3, -0.25) is 4.90 Å². The van der Waals surface area contributed by atoms with Crippen molar-refractivity contribution in [2.45, 2.75) is 12.5 Å². The minimum atomic E-state index is 0.346. The highest BCUT2D eigenvalue weighted by atomic mass is 35.5. The summed E-state index contributed by atoms with van der Waals surface area (Å²) in [6, 6.07) is 0.577. The van der Waals surface area contributed by atoms with E-state index in [1.54, 1.807) is 0 Å². The van der Waals surface area contributed by atoms with Gasteiger partial charge < -0.3 is 15.4 Å². The van der Waals surface area contributed by atoms with Crippen molar-refractivity contribution in [3.05, 3.63) is 11.3 Å². The fourth-order valence-electron chi connectivity index (χ4n) is 2.70. The van der Waals surface area contributed by atoms with Crippen molar-refractivity contribution in [1.29, 1.82) is 0 Å². The molecular weight excluding hydrogens is 266 g/mol. The third-order valence-electron chi connectivity index (χ3n) is 3.83. The Labute approximate surface area is 117 Å². The predicted octanol–water partition coefficient (Wildman–Crippen LogP) is 0.623. The summed E-state index contributed by atoms with van der Waals surface area (Å²) in [7, 11) is 0. The first kappa shape index (κ1) is 12.9.